The molecule has 0 fully saturated rings. The summed E-state index contributed by atoms with van der Waals surface area (Å²) in [4.78, 5) is 24.5. The van der Waals surface area contributed by atoms with E-state index in [2.05, 4.69) is 4.74 Å². The molecule has 0 saturated heterocycles. The minimum atomic E-state index is -3.78. The number of ether oxygens (including phenoxy) is 1. The normalized spacial score (nSPS) is 11.8. The molecular weight excluding hydrogens is 298 g/mol. The Morgan fingerprint density at radius 1 is 1.05 bits per heavy atom. The van der Waals surface area contributed by atoms with Crippen molar-refractivity contribution in [1.29, 1.82) is 0 Å². The van der Waals surface area contributed by atoms with Gasteiger partial charge in [-0.2, -0.15) is 17.0 Å². The average Bonchev–Trinajstić information content (AvgIpc) is 2.45. The van der Waals surface area contributed by atoms with Gasteiger partial charge in [-0.25, -0.2) is 0 Å². The quantitative estimate of drug-likeness (QED) is 0.535. The van der Waals surface area contributed by atoms with Crippen molar-refractivity contribution in [2.24, 2.45) is 0 Å². The van der Waals surface area contributed by atoms with Gasteiger partial charge in [0.25, 0.3) is 10.2 Å². The van der Waals surface area contributed by atoms with Crippen molar-refractivity contribution in [3.8, 4) is 0 Å². The molecule has 21 heavy (non-hydrogen) atoms. The Labute approximate surface area is 126 Å². The molecule has 0 spiro atoms. The summed E-state index contributed by atoms with van der Waals surface area (Å²) in [6, 6.07) is 0. The lowest BCUT2D eigenvalue weighted by molar-refractivity contribution is -0.140. The summed E-state index contributed by atoms with van der Waals surface area (Å²) >= 11 is 0. The van der Waals surface area contributed by atoms with Gasteiger partial charge in [0.2, 0.25) is 5.91 Å². The van der Waals surface area contributed by atoms with Gasteiger partial charge in [-0.3, -0.25) is 9.59 Å². The number of likely N-dealkylation sites (N-methyl/N-ethyl adjacent to an activating group) is 2. The van der Waals surface area contributed by atoms with E-state index in [0.29, 0.717) is 13.1 Å². The van der Waals surface area contributed by atoms with E-state index >= 15 is 0 Å². The summed E-state index contributed by atoms with van der Waals surface area (Å²) in [5, 5.41) is 0. The molecular formula is C12H25N3O5S. The van der Waals surface area contributed by atoms with Crippen molar-refractivity contribution in [3.63, 3.8) is 0 Å². The summed E-state index contributed by atoms with van der Waals surface area (Å²) < 4.78 is 30.9. The highest BCUT2D eigenvalue weighted by Crippen LogP contribution is 2.06. The third-order valence-corrected chi connectivity index (χ3v) is 5.01. The van der Waals surface area contributed by atoms with Gasteiger partial charge >= 0.3 is 5.97 Å². The molecule has 0 aromatic heterocycles. The van der Waals surface area contributed by atoms with E-state index in [0.717, 1.165) is 8.61 Å². The smallest absolute Gasteiger partial charge is 0.306 e. The van der Waals surface area contributed by atoms with Crippen LogP contribution in [0.3, 0.4) is 0 Å². The summed E-state index contributed by atoms with van der Waals surface area (Å²) in [5.41, 5.74) is 0. The van der Waals surface area contributed by atoms with Crippen LogP contribution in [-0.4, -0.2) is 81.2 Å². The number of rotatable bonds is 9. The van der Waals surface area contributed by atoms with Gasteiger partial charge in [0.1, 0.15) is 0 Å². The number of esters is 1. The molecule has 0 N–H and O–H groups in total. The molecule has 0 aliphatic heterocycles. The minimum Gasteiger partial charge on any atom is -0.469 e. The van der Waals surface area contributed by atoms with E-state index in [-0.39, 0.29) is 25.4 Å². The molecule has 1 amide bonds. The number of hydrogen-bond donors (Lipinski definition) is 0. The average molecular weight is 323 g/mol. The molecule has 0 saturated carbocycles. The Morgan fingerprint density at radius 2 is 1.57 bits per heavy atom. The van der Waals surface area contributed by atoms with Crippen LogP contribution in [0.4, 0.5) is 0 Å². The Balaban J connectivity index is 4.68. The molecule has 0 bridgehead atoms. The zero-order valence-electron chi connectivity index (χ0n) is 13.3. The molecule has 9 heteroatoms. The van der Waals surface area contributed by atoms with Crippen LogP contribution in [0, 0.1) is 0 Å². The molecule has 0 aromatic carbocycles. The standard InChI is InChI=1S/C12H25N3O5S/c1-6-15(7-2)11(16)10-14(4)21(18,19)13(3)9-8-12(17)20-5/h6-10H2,1-5H3. The number of methoxy groups -OCH3 is 1. The first kappa shape index (κ1) is 19.8. The van der Waals surface area contributed by atoms with Gasteiger partial charge in [0, 0.05) is 33.7 Å². The molecule has 0 unspecified atom stereocenters. The summed E-state index contributed by atoms with van der Waals surface area (Å²) in [6.45, 7) is 4.49. The maximum atomic E-state index is 12.2. The third kappa shape index (κ3) is 5.98. The number of amides is 1. The highest BCUT2D eigenvalue weighted by atomic mass is 32.2. The van der Waals surface area contributed by atoms with Crippen molar-refractivity contribution in [3.05, 3.63) is 0 Å². The molecule has 0 aliphatic rings. The fraction of sp³-hybridized carbons (Fsp3) is 0.833. The molecule has 0 atom stereocenters. The first-order valence-electron chi connectivity index (χ1n) is 6.72. The molecule has 0 radical (unpaired) electrons. The van der Waals surface area contributed by atoms with Crippen LogP contribution in [0.15, 0.2) is 0 Å². The zero-order chi connectivity index (χ0) is 16.6. The van der Waals surface area contributed by atoms with Crippen LogP contribution in [0.25, 0.3) is 0 Å². The predicted molar refractivity (Wildman–Crippen MR) is 78.7 cm³/mol. The fourth-order valence-corrected chi connectivity index (χ4v) is 2.72. The number of hydrogen-bond acceptors (Lipinski definition) is 5. The van der Waals surface area contributed by atoms with Crippen LogP contribution in [-0.2, 0) is 24.5 Å². The third-order valence-electron chi connectivity index (χ3n) is 3.12. The van der Waals surface area contributed by atoms with E-state index in [1.807, 2.05) is 13.8 Å². The van der Waals surface area contributed by atoms with Gasteiger partial charge in [-0.15, -0.1) is 0 Å². The number of carbonyl (C=O) groups excluding carboxylic acids is 2. The van der Waals surface area contributed by atoms with Crippen molar-refractivity contribution >= 4 is 22.1 Å². The molecule has 124 valence electrons. The molecule has 8 nitrogen and oxygen atoms in total. The molecule has 0 aliphatic carbocycles. The van der Waals surface area contributed by atoms with E-state index in [4.69, 9.17) is 0 Å². The Bertz CT molecular complexity index is 448. The van der Waals surface area contributed by atoms with Crippen LogP contribution < -0.4 is 0 Å². The lowest BCUT2D eigenvalue weighted by Crippen LogP contribution is -2.46. The van der Waals surface area contributed by atoms with E-state index < -0.39 is 16.2 Å². The second kappa shape index (κ2) is 8.96. The summed E-state index contributed by atoms with van der Waals surface area (Å²) in [7, 11) is 0.162. The highest BCUT2D eigenvalue weighted by Gasteiger charge is 2.26. The van der Waals surface area contributed by atoms with Gasteiger partial charge < -0.3 is 9.64 Å². The lowest BCUT2D eigenvalue weighted by Gasteiger charge is -2.26. The van der Waals surface area contributed by atoms with E-state index in [1.165, 1.54) is 21.2 Å². The van der Waals surface area contributed by atoms with Crippen molar-refractivity contribution < 1.29 is 22.7 Å². The second-order valence-electron chi connectivity index (χ2n) is 4.48. The largest absolute Gasteiger partial charge is 0.469 e. The first-order valence-corrected chi connectivity index (χ1v) is 8.12. The predicted octanol–water partition coefficient (Wildman–Crippen LogP) is -0.474. The topological polar surface area (TPSA) is 87.2 Å². The van der Waals surface area contributed by atoms with Crippen LogP contribution in [0.2, 0.25) is 0 Å². The number of carbonyl (C=O) groups is 2. The van der Waals surface area contributed by atoms with Gasteiger partial charge in [-0.1, -0.05) is 0 Å². The summed E-state index contributed by atoms with van der Waals surface area (Å²) in [6.07, 6.45) is -0.0376. The monoisotopic (exact) mass is 323 g/mol. The Kier molecular flexibility index (Phi) is 8.45. The van der Waals surface area contributed by atoms with Crippen LogP contribution in [0.5, 0.6) is 0 Å². The number of nitrogens with zero attached hydrogens (tertiary/aromatic N) is 3. The highest BCUT2D eigenvalue weighted by molar-refractivity contribution is 7.86. The fourth-order valence-electron chi connectivity index (χ4n) is 1.65. The Hall–Kier alpha value is -1.19. The van der Waals surface area contributed by atoms with Crippen LogP contribution >= 0.6 is 0 Å². The molecule has 0 rings (SSSR count). The summed E-state index contributed by atoms with van der Waals surface area (Å²) in [5.74, 6) is -0.744. The maximum Gasteiger partial charge on any atom is 0.306 e. The zero-order valence-corrected chi connectivity index (χ0v) is 14.1. The van der Waals surface area contributed by atoms with Gasteiger partial charge in [-0.05, 0) is 13.8 Å². The van der Waals surface area contributed by atoms with Crippen molar-refractivity contribution in [2.75, 3.05) is 47.4 Å². The van der Waals surface area contributed by atoms with Gasteiger partial charge in [0.15, 0.2) is 0 Å². The maximum absolute atomic E-state index is 12.2. The first-order chi connectivity index (χ1) is 9.70. The van der Waals surface area contributed by atoms with E-state index in [1.54, 1.807) is 4.90 Å². The van der Waals surface area contributed by atoms with E-state index in [9.17, 15) is 18.0 Å². The Morgan fingerprint density at radius 3 is 2.00 bits per heavy atom. The van der Waals surface area contributed by atoms with Crippen LogP contribution in [0.1, 0.15) is 20.3 Å². The minimum absolute atomic E-state index is 0.00118. The molecule has 0 aromatic rings. The van der Waals surface area contributed by atoms with Gasteiger partial charge in [0.05, 0.1) is 20.1 Å². The van der Waals surface area contributed by atoms with Crippen molar-refractivity contribution in [2.45, 2.75) is 20.3 Å². The van der Waals surface area contributed by atoms with Crippen molar-refractivity contribution in [1.82, 2.24) is 13.5 Å². The second-order valence-corrected chi connectivity index (χ2v) is 6.62. The molecule has 0 heterocycles. The lowest BCUT2D eigenvalue weighted by atomic mass is 10.4. The SMILES string of the molecule is CCN(CC)C(=O)CN(C)S(=O)(=O)N(C)CCC(=O)OC.